The van der Waals surface area contributed by atoms with Crippen LogP contribution in [0.15, 0.2) is 23.1 Å². The van der Waals surface area contributed by atoms with Crippen LogP contribution in [0.3, 0.4) is 0 Å². The van der Waals surface area contributed by atoms with Gasteiger partial charge in [-0.25, -0.2) is 8.42 Å². The molecule has 0 saturated carbocycles. The molecule has 1 aromatic rings. The Hall–Kier alpha value is -1.07. The van der Waals surface area contributed by atoms with Crippen LogP contribution in [0.2, 0.25) is 0 Å². The first-order valence-electron chi connectivity index (χ1n) is 6.03. The molecule has 2 N–H and O–H groups in total. The van der Waals surface area contributed by atoms with Crippen LogP contribution in [0.25, 0.3) is 0 Å². The minimum Gasteiger partial charge on any atom is -0.496 e. The first-order valence-corrected chi connectivity index (χ1v) is 7.68. The highest BCUT2D eigenvalue weighted by atomic mass is 32.2. The Morgan fingerprint density at radius 1 is 1.33 bits per heavy atom. The molecule has 1 rings (SSSR count). The minimum absolute atomic E-state index is 0.0906. The molecule has 0 aliphatic heterocycles. The zero-order valence-corrected chi connectivity index (χ0v) is 12.0. The highest BCUT2D eigenvalue weighted by Gasteiger charge is 2.17. The van der Waals surface area contributed by atoms with E-state index in [1.54, 1.807) is 25.3 Å². The number of ether oxygens (including phenoxy) is 1. The molecule has 0 bridgehead atoms. The van der Waals surface area contributed by atoms with Gasteiger partial charge in [0.25, 0.3) is 0 Å². The molecule has 1 aromatic carbocycles. The van der Waals surface area contributed by atoms with Gasteiger partial charge in [0, 0.05) is 0 Å². The summed E-state index contributed by atoms with van der Waals surface area (Å²) in [5.74, 6) is 1.03. The largest absolute Gasteiger partial charge is 0.496 e. The standard InChI is InChI=1S/C13H21NO3S/c1-10(2)12-9-11(5-6-13(12)17-3)18(15,16)8-4-7-14/h5-6,9-10H,4,7-8,14H2,1-3H3. The van der Waals surface area contributed by atoms with Crippen molar-refractivity contribution in [3.8, 4) is 5.75 Å². The van der Waals surface area contributed by atoms with Gasteiger partial charge in [-0.15, -0.1) is 0 Å². The fraction of sp³-hybridized carbons (Fsp3) is 0.538. The molecule has 0 atom stereocenters. The van der Waals surface area contributed by atoms with Crippen molar-refractivity contribution in [1.29, 1.82) is 0 Å². The van der Waals surface area contributed by atoms with Crippen molar-refractivity contribution in [3.63, 3.8) is 0 Å². The summed E-state index contributed by atoms with van der Waals surface area (Å²) in [5, 5.41) is 0. The maximum absolute atomic E-state index is 12.1. The maximum atomic E-state index is 12.1. The molecule has 0 saturated heterocycles. The van der Waals surface area contributed by atoms with Gasteiger partial charge in [0.15, 0.2) is 9.84 Å². The highest BCUT2D eigenvalue weighted by Crippen LogP contribution is 2.29. The molecule has 0 aromatic heterocycles. The summed E-state index contributed by atoms with van der Waals surface area (Å²) in [6, 6.07) is 5.01. The number of sulfone groups is 1. The van der Waals surface area contributed by atoms with E-state index in [0.29, 0.717) is 17.9 Å². The second kappa shape index (κ2) is 6.20. The van der Waals surface area contributed by atoms with Gasteiger partial charge in [-0.1, -0.05) is 13.8 Å². The topological polar surface area (TPSA) is 69.4 Å². The van der Waals surface area contributed by atoms with Gasteiger partial charge in [0.2, 0.25) is 0 Å². The predicted molar refractivity (Wildman–Crippen MR) is 72.8 cm³/mol. The highest BCUT2D eigenvalue weighted by molar-refractivity contribution is 7.91. The second-order valence-corrected chi connectivity index (χ2v) is 6.63. The molecule has 0 aliphatic rings. The zero-order chi connectivity index (χ0) is 13.8. The number of rotatable bonds is 6. The van der Waals surface area contributed by atoms with E-state index in [9.17, 15) is 8.42 Å². The van der Waals surface area contributed by atoms with Gasteiger partial charge >= 0.3 is 0 Å². The van der Waals surface area contributed by atoms with Crippen LogP contribution in [0.4, 0.5) is 0 Å². The van der Waals surface area contributed by atoms with Crippen LogP contribution in [-0.2, 0) is 9.84 Å². The minimum atomic E-state index is -3.24. The average Bonchev–Trinajstić information content (AvgIpc) is 2.35. The third-order valence-corrected chi connectivity index (χ3v) is 4.60. The third-order valence-electron chi connectivity index (χ3n) is 2.80. The van der Waals surface area contributed by atoms with Crippen molar-refractivity contribution in [1.82, 2.24) is 0 Å². The zero-order valence-electron chi connectivity index (χ0n) is 11.1. The summed E-state index contributed by atoms with van der Waals surface area (Å²) in [7, 11) is -1.65. The summed E-state index contributed by atoms with van der Waals surface area (Å²) >= 11 is 0. The van der Waals surface area contributed by atoms with Crippen LogP contribution in [0.5, 0.6) is 5.75 Å². The Morgan fingerprint density at radius 2 is 2.00 bits per heavy atom. The van der Waals surface area contributed by atoms with Crippen LogP contribution >= 0.6 is 0 Å². The Morgan fingerprint density at radius 3 is 2.50 bits per heavy atom. The average molecular weight is 271 g/mol. The number of benzene rings is 1. The van der Waals surface area contributed by atoms with Crippen molar-refractivity contribution in [3.05, 3.63) is 23.8 Å². The maximum Gasteiger partial charge on any atom is 0.178 e. The monoisotopic (exact) mass is 271 g/mol. The summed E-state index contributed by atoms with van der Waals surface area (Å²) in [6.07, 6.45) is 0.478. The Bertz CT molecular complexity index is 495. The van der Waals surface area contributed by atoms with Crippen molar-refractivity contribution in [2.75, 3.05) is 19.4 Å². The van der Waals surface area contributed by atoms with Crippen LogP contribution in [0, 0.1) is 0 Å². The lowest BCUT2D eigenvalue weighted by molar-refractivity contribution is 0.407. The molecule has 0 spiro atoms. The smallest absolute Gasteiger partial charge is 0.178 e. The molecule has 4 nitrogen and oxygen atoms in total. The van der Waals surface area contributed by atoms with Crippen LogP contribution in [0.1, 0.15) is 31.7 Å². The molecular formula is C13H21NO3S. The van der Waals surface area contributed by atoms with Gasteiger partial charge in [-0.05, 0) is 42.6 Å². The fourth-order valence-corrected chi connectivity index (χ4v) is 3.11. The molecule has 102 valence electrons. The van der Waals surface area contributed by atoms with E-state index in [0.717, 1.165) is 11.3 Å². The van der Waals surface area contributed by atoms with Gasteiger partial charge in [0.05, 0.1) is 17.8 Å². The summed E-state index contributed by atoms with van der Waals surface area (Å²) < 4.78 is 29.4. The van der Waals surface area contributed by atoms with Crippen molar-refractivity contribution < 1.29 is 13.2 Å². The van der Waals surface area contributed by atoms with Gasteiger partial charge in [0.1, 0.15) is 5.75 Å². The first kappa shape index (κ1) is 15.0. The predicted octanol–water partition coefficient (Wildman–Crippen LogP) is 1.94. The number of nitrogens with two attached hydrogens (primary N) is 1. The van der Waals surface area contributed by atoms with E-state index in [1.807, 2.05) is 13.8 Å². The Labute approximate surface area is 109 Å². The van der Waals surface area contributed by atoms with E-state index in [1.165, 1.54) is 0 Å². The molecule has 0 unspecified atom stereocenters. The fourth-order valence-electron chi connectivity index (χ4n) is 1.75. The van der Waals surface area contributed by atoms with Crippen molar-refractivity contribution >= 4 is 9.84 Å². The SMILES string of the molecule is COc1ccc(S(=O)(=O)CCCN)cc1C(C)C. The quantitative estimate of drug-likeness (QED) is 0.858. The summed E-state index contributed by atoms with van der Waals surface area (Å²) in [6.45, 7) is 4.40. The summed E-state index contributed by atoms with van der Waals surface area (Å²) in [4.78, 5) is 0.348. The van der Waals surface area contributed by atoms with Gasteiger partial charge in [-0.3, -0.25) is 0 Å². The Balaban J connectivity index is 3.15. The van der Waals surface area contributed by atoms with Crippen LogP contribution in [-0.4, -0.2) is 27.8 Å². The van der Waals surface area contributed by atoms with E-state index < -0.39 is 9.84 Å². The molecule has 0 radical (unpaired) electrons. The molecule has 18 heavy (non-hydrogen) atoms. The number of hydrogen-bond acceptors (Lipinski definition) is 4. The van der Waals surface area contributed by atoms with Crippen LogP contribution < -0.4 is 10.5 Å². The number of hydrogen-bond donors (Lipinski definition) is 1. The molecule has 0 heterocycles. The lowest BCUT2D eigenvalue weighted by Gasteiger charge is -2.13. The molecule has 5 heteroatoms. The lowest BCUT2D eigenvalue weighted by atomic mass is 10.0. The van der Waals surface area contributed by atoms with Gasteiger partial charge in [-0.2, -0.15) is 0 Å². The molecule has 0 fully saturated rings. The van der Waals surface area contributed by atoms with E-state index >= 15 is 0 Å². The summed E-state index contributed by atoms with van der Waals surface area (Å²) in [5.41, 5.74) is 6.26. The Kier molecular flexibility index (Phi) is 5.16. The number of methoxy groups -OCH3 is 1. The van der Waals surface area contributed by atoms with Gasteiger partial charge < -0.3 is 10.5 Å². The van der Waals surface area contributed by atoms with E-state index in [4.69, 9.17) is 10.5 Å². The van der Waals surface area contributed by atoms with Crippen molar-refractivity contribution in [2.45, 2.75) is 31.1 Å². The second-order valence-electron chi connectivity index (χ2n) is 4.52. The van der Waals surface area contributed by atoms with Crippen molar-refractivity contribution in [2.24, 2.45) is 5.73 Å². The first-order chi connectivity index (χ1) is 8.42. The molecule has 0 aliphatic carbocycles. The van der Waals surface area contributed by atoms with E-state index in [2.05, 4.69) is 0 Å². The third kappa shape index (κ3) is 3.46. The normalized spacial score (nSPS) is 11.8. The lowest BCUT2D eigenvalue weighted by Crippen LogP contribution is -2.12. The van der Waals surface area contributed by atoms with E-state index in [-0.39, 0.29) is 11.7 Å². The molecular weight excluding hydrogens is 250 g/mol. The molecule has 0 amide bonds.